The van der Waals surface area contributed by atoms with E-state index in [1.54, 1.807) is 4.68 Å². The zero-order valence-electron chi connectivity index (χ0n) is 29.5. The highest BCUT2D eigenvalue weighted by Crippen LogP contribution is 2.39. The minimum Gasteiger partial charge on any atom is -0.444 e. The van der Waals surface area contributed by atoms with E-state index in [1.807, 2.05) is 55.8 Å². The molecular weight excluding hydrogens is 682 g/mol. The van der Waals surface area contributed by atoms with E-state index >= 15 is 0 Å². The molecule has 0 aliphatic carbocycles. The normalized spacial score (nSPS) is 16.3. The smallest absolute Gasteiger partial charge is 0.410 e. The number of aryl methyl sites for hydroxylation is 1. The van der Waals surface area contributed by atoms with E-state index in [0.717, 1.165) is 57.7 Å². The number of rotatable bonds is 13. The number of hydrogen-bond acceptors (Lipinski definition) is 8. The Morgan fingerprint density at radius 2 is 1.65 bits per heavy atom. The van der Waals surface area contributed by atoms with E-state index in [-0.39, 0.29) is 12.0 Å². The van der Waals surface area contributed by atoms with Gasteiger partial charge in [-0.15, -0.1) is 0 Å². The number of ether oxygens (including phenoxy) is 3. The average molecular weight is 737 g/mol. The third-order valence-electron chi connectivity index (χ3n) is 7.85. The highest BCUT2D eigenvalue weighted by atomic mass is 79.9. The van der Waals surface area contributed by atoms with Crippen LogP contribution in [0.2, 0.25) is 51.4 Å². The van der Waals surface area contributed by atoms with Gasteiger partial charge in [-0.1, -0.05) is 39.3 Å². The van der Waals surface area contributed by atoms with Gasteiger partial charge in [-0.25, -0.2) is 9.78 Å². The van der Waals surface area contributed by atoms with Gasteiger partial charge in [-0.05, 0) is 61.6 Å². The number of aromatic nitrogens is 5. The topological polar surface area (TPSA) is 99.3 Å². The van der Waals surface area contributed by atoms with Crippen molar-refractivity contribution >= 4 is 49.6 Å². The summed E-state index contributed by atoms with van der Waals surface area (Å²) in [6, 6.07) is 2.15. The molecule has 4 rings (SSSR count). The summed E-state index contributed by atoms with van der Waals surface area (Å²) in [5, 5.41) is 9.26. The summed E-state index contributed by atoms with van der Waals surface area (Å²) in [7, 11) is -0.631. The van der Waals surface area contributed by atoms with E-state index in [4.69, 9.17) is 24.3 Å². The highest BCUT2D eigenvalue weighted by Gasteiger charge is 2.33. The van der Waals surface area contributed by atoms with Crippen LogP contribution in [0.1, 0.15) is 45.2 Å². The molecule has 1 aliphatic heterocycles. The first-order chi connectivity index (χ1) is 21.4. The van der Waals surface area contributed by atoms with Gasteiger partial charge in [0.2, 0.25) is 0 Å². The molecule has 0 aromatic carbocycles. The summed E-state index contributed by atoms with van der Waals surface area (Å²) in [5.74, 6) is 0.823. The summed E-state index contributed by atoms with van der Waals surface area (Å²) in [4.78, 5) is 22.3. The summed E-state index contributed by atoms with van der Waals surface area (Å²) < 4.78 is 22.9. The second-order valence-corrected chi connectivity index (χ2v) is 27.9. The molecule has 1 fully saturated rings. The Morgan fingerprint density at radius 3 is 2.20 bits per heavy atom. The zero-order chi connectivity index (χ0) is 33.9. The number of nitrogens with zero attached hydrogens (tertiary/aromatic N) is 7. The highest BCUT2D eigenvalue weighted by molar-refractivity contribution is 9.10. The first-order valence-electron chi connectivity index (χ1n) is 16.4. The van der Waals surface area contributed by atoms with Gasteiger partial charge in [0.05, 0.1) is 22.6 Å². The lowest BCUT2D eigenvalue weighted by Crippen LogP contribution is -2.42. The molecule has 0 spiro atoms. The average Bonchev–Trinajstić information content (AvgIpc) is 3.56. The lowest BCUT2D eigenvalue weighted by atomic mass is 9.94. The summed E-state index contributed by atoms with van der Waals surface area (Å²) in [5.41, 5.74) is 2.88. The fourth-order valence-electron chi connectivity index (χ4n) is 5.24. The molecule has 46 heavy (non-hydrogen) atoms. The van der Waals surface area contributed by atoms with E-state index < -0.39 is 21.7 Å². The van der Waals surface area contributed by atoms with Gasteiger partial charge < -0.3 is 24.0 Å². The monoisotopic (exact) mass is 735 g/mol. The van der Waals surface area contributed by atoms with Gasteiger partial charge in [0.25, 0.3) is 0 Å². The Morgan fingerprint density at radius 1 is 1.02 bits per heavy atom. The predicted molar refractivity (Wildman–Crippen MR) is 193 cm³/mol. The van der Waals surface area contributed by atoms with Gasteiger partial charge in [0.1, 0.15) is 19.1 Å². The van der Waals surface area contributed by atoms with Crippen molar-refractivity contribution in [3.63, 3.8) is 0 Å². The van der Waals surface area contributed by atoms with Crippen LogP contribution >= 0.6 is 15.9 Å². The van der Waals surface area contributed by atoms with Crippen molar-refractivity contribution < 1.29 is 19.0 Å². The van der Waals surface area contributed by atoms with Gasteiger partial charge in [0.15, 0.2) is 11.5 Å². The van der Waals surface area contributed by atoms with Crippen LogP contribution < -0.4 is 4.90 Å². The molecule has 4 heterocycles. The molecule has 3 aromatic rings. The lowest BCUT2D eigenvalue weighted by Gasteiger charge is -2.35. The number of carbonyl (C=O) groups excluding carboxylic acids is 1. The number of hydrogen-bond donors (Lipinski definition) is 0. The quantitative estimate of drug-likeness (QED) is 0.102. The maximum absolute atomic E-state index is 13.1. The van der Waals surface area contributed by atoms with Crippen molar-refractivity contribution in [1.29, 1.82) is 0 Å². The molecule has 0 N–H and O–H groups in total. The number of amides is 1. The first-order valence-corrected chi connectivity index (χ1v) is 24.6. The lowest BCUT2D eigenvalue weighted by molar-refractivity contribution is 0.0197. The number of halogens is 1. The van der Waals surface area contributed by atoms with Gasteiger partial charge >= 0.3 is 6.09 Å². The number of likely N-dealkylation sites (tertiary alicyclic amines) is 1. The van der Waals surface area contributed by atoms with E-state index in [1.165, 1.54) is 0 Å². The Hall–Kier alpha value is -2.27. The van der Waals surface area contributed by atoms with Crippen molar-refractivity contribution in [3.05, 3.63) is 28.8 Å². The van der Waals surface area contributed by atoms with Crippen LogP contribution in [0.3, 0.4) is 0 Å². The van der Waals surface area contributed by atoms with Crippen LogP contribution in [-0.2, 0) is 21.3 Å². The van der Waals surface area contributed by atoms with Crippen molar-refractivity contribution in [3.8, 4) is 11.1 Å². The molecule has 1 unspecified atom stereocenters. The SMILES string of the molecule is Cn1cc(-c2cnn3c(N(COCC[Si](C)(C)C)COCC[Si](C)(C)C)c(Br)c(C4CCCN(C(=O)OC(C)(C)C)C4)nc23)cn1. The molecule has 1 aliphatic rings. The summed E-state index contributed by atoms with van der Waals surface area (Å²) in [6.07, 6.45) is 7.13. The molecule has 1 saturated heterocycles. The van der Waals surface area contributed by atoms with Crippen molar-refractivity contribution in [2.75, 3.05) is 44.7 Å². The maximum Gasteiger partial charge on any atom is 0.410 e. The summed E-state index contributed by atoms with van der Waals surface area (Å²) in [6.45, 7) is 23.1. The number of anilines is 1. The van der Waals surface area contributed by atoms with Crippen molar-refractivity contribution in [2.24, 2.45) is 7.05 Å². The molecule has 0 radical (unpaired) electrons. The largest absolute Gasteiger partial charge is 0.444 e. The second kappa shape index (κ2) is 14.9. The van der Waals surface area contributed by atoms with Crippen LogP contribution in [0.4, 0.5) is 10.6 Å². The number of piperidine rings is 1. The number of carbonyl (C=O) groups is 1. The van der Waals surface area contributed by atoms with Crippen LogP contribution in [0, 0.1) is 0 Å². The molecule has 3 aromatic heterocycles. The number of fused-ring (bicyclic) bond motifs is 1. The fraction of sp³-hybridized carbons (Fsp3) is 0.688. The molecule has 0 saturated carbocycles. The Balaban J connectivity index is 1.76. The van der Waals surface area contributed by atoms with E-state index in [9.17, 15) is 4.79 Å². The molecule has 14 heteroatoms. The van der Waals surface area contributed by atoms with Crippen molar-refractivity contribution in [1.82, 2.24) is 29.3 Å². The van der Waals surface area contributed by atoms with Crippen LogP contribution in [-0.4, -0.2) is 96.9 Å². The molecule has 0 bridgehead atoms. The third-order valence-corrected chi connectivity index (χ3v) is 12.0. The Bertz CT molecular complexity index is 1450. The summed E-state index contributed by atoms with van der Waals surface area (Å²) >= 11 is 3.98. The standard InChI is InChI=1S/C32H54BrN7O4Si2/c1-32(2,3)44-31(41)38-13-11-12-24(21-38)28-27(33)30(40-29(36-28)26(19-35-40)25-18-34-37(4)20-25)39(22-42-14-16-45(5,6)7)23-43-15-17-46(8,9)10/h18-20,24H,11-17,21-23H2,1-10H3. The molecule has 1 atom stereocenters. The molecule has 256 valence electrons. The minimum atomic E-state index is -1.27. The van der Waals surface area contributed by atoms with E-state index in [0.29, 0.717) is 39.8 Å². The van der Waals surface area contributed by atoms with Gasteiger partial charge in [-0.2, -0.15) is 14.7 Å². The van der Waals surface area contributed by atoms with Crippen LogP contribution in [0.25, 0.3) is 16.8 Å². The van der Waals surface area contributed by atoms with E-state index in [2.05, 4.69) is 65.2 Å². The van der Waals surface area contributed by atoms with Crippen LogP contribution in [0.15, 0.2) is 23.1 Å². The minimum absolute atomic E-state index is 0.00138. The van der Waals surface area contributed by atoms with Crippen molar-refractivity contribution in [2.45, 2.75) is 96.5 Å². The molecule has 11 nitrogen and oxygen atoms in total. The predicted octanol–water partition coefficient (Wildman–Crippen LogP) is 7.44. The fourth-order valence-corrected chi connectivity index (χ4v) is 7.59. The Kier molecular flexibility index (Phi) is 11.8. The molecule has 1 amide bonds. The van der Waals surface area contributed by atoms with Gasteiger partial charge in [-0.3, -0.25) is 4.68 Å². The molecular formula is C32H54BrN7O4Si2. The van der Waals surface area contributed by atoms with Crippen LogP contribution in [0.5, 0.6) is 0 Å². The second-order valence-electron chi connectivity index (χ2n) is 15.8. The first kappa shape index (κ1) is 36.6. The Labute approximate surface area is 285 Å². The third kappa shape index (κ3) is 10.1. The zero-order valence-corrected chi connectivity index (χ0v) is 33.1. The maximum atomic E-state index is 13.1. The van der Waals surface area contributed by atoms with Gasteiger partial charge in [0, 0.05) is 72.7 Å².